The first-order valence-electron chi connectivity index (χ1n) is 5.36. The van der Waals surface area contributed by atoms with Crippen LogP contribution in [0.25, 0.3) is 0 Å². The van der Waals surface area contributed by atoms with Crippen LogP contribution in [-0.4, -0.2) is 21.0 Å². The van der Waals surface area contributed by atoms with Gasteiger partial charge in [0, 0.05) is 4.90 Å². The molecule has 1 aromatic heterocycles. The molecule has 1 heterocycles. The van der Waals surface area contributed by atoms with Crippen molar-refractivity contribution in [1.82, 2.24) is 9.97 Å². The van der Waals surface area contributed by atoms with E-state index in [-0.39, 0.29) is 5.69 Å². The Morgan fingerprint density at radius 3 is 2.78 bits per heavy atom. The van der Waals surface area contributed by atoms with Crippen LogP contribution in [0.1, 0.15) is 21.6 Å². The maximum absolute atomic E-state index is 10.8. The standard InChI is InChI=1S/C13H12N2O2S/c1-8-3-4-9(2)11(5-8)18-12-7-14-6-10(15-12)13(16)17/h3-7H,1-2H3,(H,16,17). The van der Waals surface area contributed by atoms with Crippen LogP contribution in [0.2, 0.25) is 0 Å². The lowest BCUT2D eigenvalue weighted by molar-refractivity contribution is 0.0689. The molecular weight excluding hydrogens is 248 g/mol. The van der Waals surface area contributed by atoms with Crippen molar-refractivity contribution in [3.05, 3.63) is 47.4 Å². The first-order valence-corrected chi connectivity index (χ1v) is 6.18. The third-order valence-electron chi connectivity index (χ3n) is 2.39. The summed E-state index contributed by atoms with van der Waals surface area (Å²) in [6.45, 7) is 4.03. The van der Waals surface area contributed by atoms with E-state index in [1.165, 1.54) is 18.0 Å². The number of hydrogen-bond donors (Lipinski definition) is 1. The highest BCUT2D eigenvalue weighted by Gasteiger charge is 2.08. The van der Waals surface area contributed by atoms with E-state index in [1.54, 1.807) is 6.20 Å². The van der Waals surface area contributed by atoms with Gasteiger partial charge in [-0.2, -0.15) is 0 Å². The van der Waals surface area contributed by atoms with Crippen molar-refractivity contribution in [3.63, 3.8) is 0 Å². The van der Waals surface area contributed by atoms with Crippen LogP contribution in [-0.2, 0) is 0 Å². The van der Waals surface area contributed by atoms with Crippen LogP contribution in [0, 0.1) is 13.8 Å². The van der Waals surface area contributed by atoms with Crippen LogP contribution >= 0.6 is 11.8 Å². The number of aromatic carboxylic acids is 1. The van der Waals surface area contributed by atoms with E-state index < -0.39 is 5.97 Å². The maximum Gasteiger partial charge on any atom is 0.356 e. The number of hydrogen-bond acceptors (Lipinski definition) is 4. The van der Waals surface area contributed by atoms with Crippen molar-refractivity contribution in [3.8, 4) is 0 Å². The lowest BCUT2D eigenvalue weighted by Gasteiger charge is -2.06. The van der Waals surface area contributed by atoms with Gasteiger partial charge >= 0.3 is 5.97 Å². The smallest absolute Gasteiger partial charge is 0.356 e. The molecule has 18 heavy (non-hydrogen) atoms. The first-order chi connectivity index (χ1) is 8.56. The summed E-state index contributed by atoms with van der Waals surface area (Å²) >= 11 is 1.42. The highest BCUT2D eigenvalue weighted by molar-refractivity contribution is 7.99. The summed E-state index contributed by atoms with van der Waals surface area (Å²) in [7, 11) is 0. The SMILES string of the molecule is Cc1ccc(C)c(Sc2cncc(C(=O)O)n2)c1. The molecule has 0 spiro atoms. The second kappa shape index (κ2) is 5.18. The number of carboxylic acids is 1. The predicted octanol–water partition coefficient (Wildman–Crippen LogP) is 2.94. The highest BCUT2D eigenvalue weighted by Crippen LogP contribution is 2.29. The summed E-state index contributed by atoms with van der Waals surface area (Å²) in [4.78, 5) is 19.8. The van der Waals surface area contributed by atoms with Gasteiger partial charge in [-0.25, -0.2) is 9.78 Å². The molecule has 0 aliphatic heterocycles. The van der Waals surface area contributed by atoms with Gasteiger partial charge in [-0.1, -0.05) is 23.9 Å². The monoisotopic (exact) mass is 260 g/mol. The van der Waals surface area contributed by atoms with Gasteiger partial charge in [-0.05, 0) is 31.0 Å². The van der Waals surface area contributed by atoms with Crippen molar-refractivity contribution in [2.45, 2.75) is 23.8 Å². The molecule has 0 bridgehead atoms. The molecule has 0 radical (unpaired) electrons. The molecule has 2 aromatic rings. The molecule has 0 aliphatic carbocycles. The zero-order valence-corrected chi connectivity index (χ0v) is 10.9. The Morgan fingerprint density at radius 2 is 2.06 bits per heavy atom. The second-order valence-corrected chi connectivity index (χ2v) is 4.98. The molecule has 0 unspecified atom stereocenters. The van der Waals surface area contributed by atoms with E-state index in [0.717, 1.165) is 16.0 Å². The van der Waals surface area contributed by atoms with Crippen molar-refractivity contribution < 1.29 is 9.90 Å². The quantitative estimate of drug-likeness (QED) is 0.919. The summed E-state index contributed by atoms with van der Waals surface area (Å²) in [5.74, 6) is -1.06. The summed E-state index contributed by atoms with van der Waals surface area (Å²) in [5, 5.41) is 9.45. The number of benzene rings is 1. The molecule has 0 aliphatic rings. The summed E-state index contributed by atoms with van der Waals surface area (Å²) in [6, 6.07) is 6.13. The summed E-state index contributed by atoms with van der Waals surface area (Å²) in [5.41, 5.74) is 2.25. The molecule has 1 N–H and O–H groups in total. The molecule has 0 amide bonds. The largest absolute Gasteiger partial charge is 0.476 e. The average molecular weight is 260 g/mol. The predicted molar refractivity (Wildman–Crippen MR) is 69.0 cm³/mol. The van der Waals surface area contributed by atoms with Crippen LogP contribution in [0.15, 0.2) is 40.5 Å². The van der Waals surface area contributed by atoms with E-state index in [0.29, 0.717) is 5.03 Å². The number of aromatic nitrogens is 2. The lowest BCUT2D eigenvalue weighted by atomic mass is 10.2. The molecule has 1 aromatic carbocycles. The van der Waals surface area contributed by atoms with E-state index in [9.17, 15) is 4.79 Å². The molecule has 5 heteroatoms. The number of nitrogens with zero attached hydrogens (tertiary/aromatic N) is 2. The molecule has 4 nitrogen and oxygen atoms in total. The van der Waals surface area contributed by atoms with Gasteiger partial charge in [0.15, 0.2) is 5.69 Å². The topological polar surface area (TPSA) is 63.1 Å². The van der Waals surface area contributed by atoms with E-state index in [1.807, 2.05) is 26.0 Å². The molecule has 2 rings (SSSR count). The van der Waals surface area contributed by atoms with Crippen molar-refractivity contribution in [2.24, 2.45) is 0 Å². The van der Waals surface area contributed by atoms with Crippen molar-refractivity contribution in [2.75, 3.05) is 0 Å². The Kier molecular flexibility index (Phi) is 3.62. The van der Waals surface area contributed by atoms with Gasteiger partial charge in [-0.15, -0.1) is 0 Å². The van der Waals surface area contributed by atoms with Gasteiger partial charge in [-0.3, -0.25) is 4.98 Å². The molecule has 0 saturated heterocycles. The minimum absolute atomic E-state index is 0.0368. The van der Waals surface area contributed by atoms with E-state index in [2.05, 4.69) is 16.0 Å². The Morgan fingerprint density at radius 1 is 1.28 bits per heavy atom. The Balaban J connectivity index is 2.31. The number of rotatable bonds is 3. The summed E-state index contributed by atoms with van der Waals surface area (Å²) < 4.78 is 0. The average Bonchev–Trinajstić information content (AvgIpc) is 2.34. The zero-order chi connectivity index (χ0) is 13.1. The fraction of sp³-hybridized carbons (Fsp3) is 0.154. The third-order valence-corrected chi connectivity index (χ3v) is 3.46. The Labute approximate surface area is 109 Å². The Bertz CT molecular complexity index is 599. The minimum Gasteiger partial charge on any atom is -0.476 e. The van der Waals surface area contributed by atoms with Gasteiger partial charge < -0.3 is 5.11 Å². The molecule has 0 fully saturated rings. The van der Waals surface area contributed by atoms with Crippen LogP contribution < -0.4 is 0 Å². The fourth-order valence-electron chi connectivity index (χ4n) is 1.43. The molecule has 0 saturated carbocycles. The maximum atomic E-state index is 10.8. The van der Waals surface area contributed by atoms with Crippen LogP contribution in [0.5, 0.6) is 0 Å². The highest BCUT2D eigenvalue weighted by atomic mass is 32.2. The van der Waals surface area contributed by atoms with Crippen LogP contribution in [0.4, 0.5) is 0 Å². The van der Waals surface area contributed by atoms with Gasteiger partial charge in [0.05, 0.1) is 12.4 Å². The van der Waals surface area contributed by atoms with E-state index >= 15 is 0 Å². The number of aryl methyl sites for hydroxylation is 2. The zero-order valence-electron chi connectivity index (χ0n) is 10.0. The number of carbonyl (C=O) groups is 1. The third kappa shape index (κ3) is 2.87. The summed E-state index contributed by atoms with van der Waals surface area (Å²) in [6.07, 6.45) is 2.81. The fourth-order valence-corrected chi connectivity index (χ4v) is 2.39. The van der Waals surface area contributed by atoms with Gasteiger partial charge in [0.2, 0.25) is 0 Å². The first kappa shape index (κ1) is 12.6. The van der Waals surface area contributed by atoms with Gasteiger partial charge in [0.1, 0.15) is 5.03 Å². The van der Waals surface area contributed by atoms with Crippen molar-refractivity contribution in [1.29, 1.82) is 0 Å². The number of carboxylic acid groups (broad SMARTS) is 1. The minimum atomic E-state index is -1.06. The van der Waals surface area contributed by atoms with E-state index in [4.69, 9.17) is 5.11 Å². The van der Waals surface area contributed by atoms with Crippen molar-refractivity contribution >= 4 is 17.7 Å². The Hall–Kier alpha value is -1.88. The molecule has 92 valence electrons. The molecule has 0 atom stereocenters. The normalized spacial score (nSPS) is 10.3. The second-order valence-electron chi connectivity index (χ2n) is 3.92. The lowest BCUT2D eigenvalue weighted by Crippen LogP contribution is -2.01. The van der Waals surface area contributed by atoms with Gasteiger partial charge in [0.25, 0.3) is 0 Å². The van der Waals surface area contributed by atoms with Crippen LogP contribution in [0.3, 0.4) is 0 Å². The molecular formula is C13H12N2O2S.